The monoisotopic (exact) mass is 78.1 g/mol. The van der Waals surface area contributed by atoms with Gasteiger partial charge in [-0.05, 0) is 0 Å². The summed E-state index contributed by atoms with van der Waals surface area (Å²) in [6.45, 7) is 2.03. The van der Waals surface area contributed by atoms with Crippen LogP contribution >= 0.6 is 0 Å². The summed E-state index contributed by atoms with van der Waals surface area (Å²) < 4.78 is 0. The summed E-state index contributed by atoms with van der Waals surface area (Å²) >= 11 is 0. The van der Waals surface area contributed by atoms with Gasteiger partial charge in [0.05, 0.1) is 15.7 Å². The molecule has 0 aliphatic heterocycles. The normalized spacial score (nSPS) is 9.67. The minimum absolute atomic E-state index is 0.491. The smallest absolute Gasteiger partial charge is 0.0656 e. The number of rotatable bonds is 2. The van der Waals surface area contributed by atoms with E-state index < -0.39 is 0 Å². The molecule has 6 heavy (non-hydrogen) atoms. The van der Waals surface area contributed by atoms with E-state index in [1.54, 1.807) is 0 Å². The summed E-state index contributed by atoms with van der Waals surface area (Å²) in [5, 5.41) is 0. The van der Waals surface area contributed by atoms with E-state index in [1.807, 2.05) is 6.92 Å². The van der Waals surface area contributed by atoms with Gasteiger partial charge in [0, 0.05) is 0 Å². The average Bonchev–Trinajstić information content (AvgIpc) is 1.65. The van der Waals surface area contributed by atoms with Gasteiger partial charge in [-0.15, -0.1) is 0 Å². The molecule has 0 saturated carbocycles. The Balaban J connectivity index is 2.75. The van der Waals surface area contributed by atoms with Gasteiger partial charge in [0.1, 0.15) is 0 Å². The van der Waals surface area contributed by atoms with E-state index in [9.17, 15) is 0 Å². The first-order valence-corrected chi connectivity index (χ1v) is 2.21. The molecule has 0 amide bonds. The first-order valence-electron chi connectivity index (χ1n) is 2.21. The van der Waals surface area contributed by atoms with Gasteiger partial charge in [-0.25, -0.2) is 0 Å². The van der Waals surface area contributed by atoms with Crippen molar-refractivity contribution in [1.82, 2.24) is 0 Å². The molecule has 0 aromatic rings. The van der Waals surface area contributed by atoms with Crippen LogP contribution in [0.15, 0.2) is 0 Å². The largest absolute Gasteiger partial charge is 0.0869 e. The van der Waals surface area contributed by atoms with E-state index in [4.69, 9.17) is 15.7 Å². The minimum Gasteiger partial charge on any atom is -0.0869 e. The van der Waals surface area contributed by atoms with E-state index >= 15 is 0 Å². The van der Waals surface area contributed by atoms with Crippen LogP contribution in [0.5, 0.6) is 0 Å². The van der Waals surface area contributed by atoms with Crippen LogP contribution in [0.2, 0.25) is 12.6 Å². The van der Waals surface area contributed by atoms with Crippen LogP contribution in [-0.4, -0.2) is 15.7 Å². The van der Waals surface area contributed by atoms with E-state index in [1.165, 1.54) is 0 Å². The molecule has 2 heteroatoms. The molecule has 0 atom stereocenters. The maximum Gasteiger partial charge on any atom is 0.0656 e. The molecule has 0 saturated heterocycles. The van der Waals surface area contributed by atoms with Gasteiger partial charge in [0.15, 0.2) is 0 Å². The van der Waals surface area contributed by atoms with Crippen LogP contribution in [0.4, 0.5) is 0 Å². The molecule has 0 rings (SSSR count). The molecule has 0 aliphatic carbocycles. The van der Waals surface area contributed by atoms with Crippen molar-refractivity contribution < 1.29 is 0 Å². The molecular formula is C4H8B2. The third kappa shape index (κ3) is 2.37. The average molecular weight is 77.7 g/mol. The van der Waals surface area contributed by atoms with Crippen LogP contribution in [0, 0.1) is 5.92 Å². The van der Waals surface area contributed by atoms with Crippen LogP contribution < -0.4 is 0 Å². The third-order valence-corrected chi connectivity index (χ3v) is 0.805. The molecule has 0 fully saturated rings. The molecule has 0 heterocycles. The van der Waals surface area contributed by atoms with Gasteiger partial charge in [-0.1, -0.05) is 25.5 Å². The molecule has 0 N–H and O–H groups in total. The van der Waals surface area contributed by atoms with Crippen LogP contribution in [0.3, 0.4) is 0 Å². The summed E-state index contributed by atoms with van der Waals surface area (Å²) in [6, 6.07) is 0. The molecule has 0 bridgehead atoms. The topological polar surface area (TPSA) is 0 Å². The molecule has 4 radical (unpaired) electrons. The Labute approximate surface area is 42.1 Å². The lowest BCUT2D eigenvalue weighted by Gasteiger charge is -1.99. The van der Waals surface area contributed by atoms with Crippen LogP contribution in [0.25, 0.3) is 0 Å². The summed E-state index contributed by atoms with van der Waals surface area (Å²) in [5.74, 6) is 0.491. The van der Waals surface area contributed by atoms with E-state index in [2.05, 4.69) is 0 Å². The lowest BCUT2D eigenvalue weighted by atomic mass is 9.83. The predicted molar refractivity (Wildman–Crippen MR) is 30.3 cm³/mol. The van der Waals surface area contributed by atoms with E-state index in [0.717, 1.165) is 0 Å². The fourth-order valence-corrected chi connectivity index (χ4v) is 0.0962. The molecule has 0 spiro atoms. The van der Waals surface area contributed by atoms with Crippen LogP contribution in [-0.2, 0) is 0 Å². The van der Waals surface area contributed by atoms with Crippen molar-refractivity contribution in [3.8, 4) is 0 Å². The molecule has 0 aromatic heterocycles. The Bertz CT molecular complexity index is 24.7. The maximum absolute atomic E-state index is 5.20. The fourth-order valence-electron chi connectivity index (χ4n) is 0.0962. The van der Waals surface area contributed by atoms with Gasteiger partial charge in [0.25, 0.3) is 0 Å². The summed E-state index contributed by atoms with van der Waals surface area (Å²) in [4.78, 5) is 0. The van der Waals surface area contributed by atoms with Gasteiger partial charge < -0.3 is 0 Å². The van der Waals surface area contributed by atoms with Gasteiger partial charge >= 0.3 is 0 Å². The SMILES string of the molecule is [B]CC(C)C[B]. The zero-order chi connectivity index (χ0) is 4.99. The second kappa shape index (κ2) is 3.32. The molecule has 0 nitrogen and oxygen atoms in total. The Kier molecular flexibility index (Phi) is 3.40. The fraction of sp³-hybridized carbons (Fsp3) is 1.00. The maximum atomic E-state index is 5.20. The van der Waals surface area contributed by atoms with Crippen molar-refractivity contribution in [3.05, 3.63) is 0 Å². The standard InChI is InChI=1S/C4H8B2/c1-4(2-5)3-6/h4H,2-3H2,1H3. The Morgan fingerprint density at radius 1 is 1.33 bits per heavy atom. The highest BCUT2D eigenvalue weighted by Crippen LogP contribution is 2.00. The van der Waals surface area contributed by atoms with Crippen molar-refractivity contribution in [3.63, 3.8) is 0 Å². The molecule has 0 unspecified atom stereocenters. The highest BCUT2D eigenvalue weighted by atomic mass is 13.9. The van der Waals surface area contributed by atoms with Crippen molar-refractivity contribution in [2.45, 2.75) is 19.6 Å². The number of hydrogen-bond acceptors (Lipinski definition) is 0. The number of hydrogen-bond donors (Lipinski definition) is 0. The van der Waals surface area contributed by atoms with Crippen molar-refractivity contribution in [1.29, 1.82) is 0 Å². The molecule has 0 aliphatic rings. The molecule has 0 aromatic carbocycles. The zero-order valence-electron chi connectivity index (χ0n) is 4.15. The predicted octanol–water partition coefficient (Wildman–Crippen LogP) is 0.796. The van der Waals surface area contributed by atoms with E-state index in [0.29, 0.717) is 18.6 Å². The second-order valence-electron chi connectivity index (χ2n) is 1.58. The van der Waals surface area contributed by atoms with Crippen molar-refractivity contribution >= 4 is 15.7 Å². The molecule has 30 valence electrons. The first kappa shape index (κ1) is 6.13. The lowest BCUT2D eigenvalue weighted by molar-refractivity contribution is 0.734. The Morgan fingerprint density at radius 3 is 1.67 bits per heavy atom. The highest BCUT2D eigenvalue weighted by Gasteiger charge is 1.88. The zero-order valence-corrected chi connectivity index (χ0v) is 4.15. The van der Waals surface area contributed by atoms with Gasteiger partial charge in [0.2, 0.25) is 0 Å². The first-order chi connectivity index (χ1) is 2.81. The van der Waals surface area contributed by atoms with Gasteiger partial charge in [-0.3, -0.25) is 0 Å². The second-order valence-corrected chi connectivity index (χ2v) is 1.58. The third-order valence-electron chi connectivity index (χ3n) is 0.805. The summed E-state index contributed by atoms with van der Waals surface area (Å²) in [7, 11) is 10.4. The quantitative estimate of drug-likeness (QED) is 0.428. The van der Waals surface area contributed by atoms with Crippen molar-refractivity contribution in [2.24, 2.45) is 5.92 Å². The summed E-state index contributed by atoms with van der Waals surface area (Å²) in [6.07, 6.45) is 1.41. The highest BCUT2D eigenvalue weighted by molar-refractivity contribution is 6.11. The van der Waals surface area contributed by atoms with Gasteiger partial charge in [-0.2, -0.15) is 0 Å². The van der Waals surface area contributed by atoms with Crippen molar-refractivity contribution in [2.75, 3.05) is 0 Å². The van der Waals surface area contributed by atoms with E-state index in [-0.39, 0.29) is 0 Å². The van der Waals surface area contributed by atoms with Crippen LogP contribution in [0.1, 0.15) is 6.92 Å². The Morgan fingerprint density at radius 2 is 1.67 bits per heavy atom. The summed E-state index contributed by atoms with van der Waals surface area (Å²) in [5.41, 5.74) is 0. The molecular weight excluding hydrogens is 69.7 g/mol. The lowest BCUT2D eigenvalue weighted by Crippen LogP contribution is -1.88. The Hall–Kier alpha value is 0.130. The minimum atomic E-state index is 0.491.